The number of rotatable bonds is 7. The zero-order valence-corrected chi connectivity index (χ0v) is 16.6. The van der Waals surface area contributed by atoms with Crippen LogP contribution >= 0.6 is 23.2 Å². The Kier molecular flexibility index (Phi) is 6.86. The van der Waals surface area contributed by atoms with Gasteiger partial charge in [-0.25, -0.2) is 0 Å². The van der Waals surface area contributed by atoms with E-state index in [0.717, 1.165) is 35.8 Å². The summed E-state index contributed by atoms with van der Waals surface area (Å²) in [6.07, 6.45) is 7.74. The van der Waals surface area contributed by atoms with Gasteiger partial charge in [0.2, 0.25) is 0 Å². The van der Waals surface area contributed by atoms with Gasteiger partial charge in [0.05, 0.1) is 12.7 Å². The van der Waals surface area contributed by atoms with Crippen molar-refractivity contribution in [2.45, 2.75) is 44.1 Å². The van der Waals surface area contributed by atoms with Crippen LogP contribution in [0.4, 0.5) is 0 Å². The molecule has 1 fully saturated rings. The number of ether oxygens (including phenoxy) is 1. The van der Waals surface area contributed by atoms with Crippen molar-refractivity contribution in [2.75, 3.05) is 6.61 Å². The Labute approximate surface area is 165 Å². The molecule has 0 aliphatic heterocycles. The summed E-state index contributed by atoms with van der Waals surface area (Å²) in [7, 11) is 0. The van der Waals surface area contributed by atoms with Crippen LogP contribution in [0.25, 0.3) is 10.8 Å². The minimum absolute atomic E-state index is 0.00756. The van der Waals surface area contributed by atoms with E-state index in [0.29, 0.717) is 18.1 Å². The lowest BCUT2D eigenvalue weighted by atomic mass is 9.92. The molecule has 4 atom stereocenters. The number of unbranched alkanes of at least 4 members (excludes halogenated alkanes) is 1. The lowest BCUT2D eigenvalue weighted by Gasteiger charge is -2.23. The van der Waals surface area contributed by atoms with Crippen LogP contribution in [0.15, 0.2) is 48.6 Å². The molecule has 26 heavy (non-hydrogen) atoms. The van der Waals surface area contributed by atoms with E-state index in [1.807, 2.05) is 36.4 Å². The highest BCUT2D eigenvalue weighted by Crippen LogP contribution is 2.39. The highest BCUT2D eigenvalue weighted by molar-refractivity contribution is 6.35. The van der Waals surface area contributed by atoms with E-state index in [1.54, 1.807) is 0 Å². The smallest absolute Gasteiger partial charge is 0.127 e. The van der Waals surface area contributed by atoms with Crippen molar-refractivity contribution >= 4 is 34.0 Å². The van der Waals surface area contributed by atoms with Crippen LogP contribution in [-0.4, -0.2) is 23.2 Å². The van der Waals surface area contributed by atoms with Crippen molar-refractivity contribution < 1.29 is 9.84 Å². The van der Waals surface area contributed by atoms with Gasteiger partial charge < -0.3 is 9.84 Å². The molecule has 1 N–H and O–H groups in total. The van der Waals surface area contributed by atoms with Gasteiger partial charge in [0.15, 0.2) is 0 Å². The Bertz CT molecular complexity index is 759. The standard InChI is InChI=1S/C22H26Cl2O2/c1-2-3-4-5-8-16-18(21(25)13-20(16)24)14-26-22-12-11-19(23)15-9-6-7-10-17(15)22/h4-7,9-12,16,18,20-21,25H,2-3,8,13-14H2,1H3/b5-4-/t16-,18-,20-,21-/m1/s1. The predicted octanol–water partition coefficient (Wildman–Crippen LogP) is 6.22. The Hall–Kier alpha value is -1.22. The molecule has 0 spiro atoms. The molecule has 2 nitrogen and oxygen atoms in total. The first-order valence-corrected chi connectivity index (χ1v) is 10.2. The van der Waals surface area contributed by atoms with Gasteiger partial charge in [-0.15, -0.1) is 11.6 Å². The van der Waals surface area contributed by atoms with Gasteiger partial charge in [0.25, 0.3) is 0 Å². The topological polar surface area (TPSA) is 29.5 Å². The fraction of sp³-hybridized carbons (Fsp3) is 0.455. The van der Waals surface area contributed by atoms with Crippen LogP contribution in [0, 0.1) is 11.8 Å². The molecule has 0 saturated heterocycles. The molecule has 1 aliphatic carbocycles. The maximum absolute atomic E-state index is 10.5. The van der Waals surface area contributed by atoms with E-state index < -0.39 is 6.10 Å². The van der Waals surface area contributed by atoms with Crippen LogP contribution in [0.1, 0.15) is 32.6 Å². The lowest BCUT2D eigenvalue weighted by molar-refractivity contribution is 0.0812. The normalized spacial score (nSPS) is 26.0. The van der Waals surface area contributed by atoms with Crippen LogP contribution in [0.3, 0.4) is 0 Å². The highest BCUT2D eigenvalue weighted by atomic mass is 35.5. The summed E-state index contributed by atoms with van der Waals surface area (Å²) in [6.45, 7) is 2.63. The SMILES string of the molecule is CCC/C=C\C[C@@H]1[C@@H](COc2ccc(Cl)c3ccccc23)[C@H](O)C[C@H]1Cl. The Balaban J connectivity index is 1.72. The predicted molar refractivity (Wildman–Crippen MR) is 110 cm³/mol. The third kappa shape index (κ3) is 4.36. The molecule has 0 amide bonds. The number of fused-ring (bicyclic) bond motifs is 1. The fourth-order valence-electron chi connectivity index (χ4n) is 3.78. The number of hydrogen-bond donors (Lipinski definition) is 1. The number of aliphatic hydroxyl groups is 1. The maximum atomic E-state index is 10.5. The van der Waals surface area contributed by atoms with Gasteiger partial charge in [-0.3, -0.25) is 0 Å². The van der Waals surface area contributed by atoms with Crippen LogP contribution in [-0.2, 0) is 0 Å². The van der Waals surface area contributed by atoms with Crippen molar-refractivity contribution in [3.05, 3.63) is 53.6 Å². The van der Waals surface area contributed by atoms with Crippen molar-refractivity contribution in [3.63, 3.8) is 0 Å². The molecule has 140 valence electrons. The Morgan fingerprint density at radius 2 is 1.88 bits per heavy atom. The van der Waals surface area contributed by atoms with E-state index in [1.165, 1.54) is 0 Å². The number of halogens is 2. The first-order chi connectivity index (χ1) is 12.6. The van der Waals surface area contributed by atoms with E-state index in [9.17, 15) is 5.11 Å². The van der Waals surface area contributed by atoms with Gasteiger partial charge in [0, 0.05) is 27.1 Å². The minimum Gasteiger partial charge on any atom is -0.493 e. The highest BCUT2D eigenvalue weighted by Gasteiger charge is 2.41. The average molecular weight is 393 g/mol. The molecule has 0 bridgehead atoms. The number of aliphatic hydroxyl groups excluding tert-OH is 1. The van der Waals surface area contributed by atoms with Crippen molar-refractivity contribution in [1.82, 2.24) is 0 Å². The molecular formula is C22H26Cl2O2. The molecule has 0 heterocycles. The molecule has 1 saturated carbocycles. The first kappa shape index (κ1) is 19.5. The second-order valence-electron chi connectivity index (χ2n) is 7.04. The molecule has 0 aromatic heterocycles. The Morgan fingerprint density at radius 1 is 1.12 bits per heavy atom. The Morgan fingerprint density at radius 3 is 2.65 bits per heavy atom. The van der Waals surface area contributed by atoms with Crippen molar-refractivity contribution in [3.8, 4) is 5.75 Å². The van der Waals surface area contributed by atoms with E-state index >= 15 is 0 Å². The summed E-state index contributed by atoms with van der Waals surface area (Å²) in [5.74, 6) is 1.08. The second-order valence-corrected chi connectivity index (χ2v) is 8.01. The molecule has 4 heteroatoms. The monoisotopic (exact) mass is 392 g/mol. The summed E-state index contributed by atoms with van der Waals surface area (Å²) in [5, 5.41) is 13.1. The van der Waals surface area contributed by atoms with Crippen LogP contribution in [0.5, 0.6) is 5.75 Å². The van der Waals surface area contributed by atoms with E-state index in [-0.39, 0.29) is 17.2 Å². The van der Waals surface area contributed by atoms with Gasteiger partial charge in [-0.05, 0) is 37.3 Å². The molecule has 2 aromatic rings. The lowest BCUT2D eigenvalue weighted by Crippen LogP contribution is -2.27. The quantitative estimate of drug-likeness (QED) is 0.447. The zero-order chi connectivity index (χ0) is 18.5. The van der Waals surface area contributed by atoms with Crippen molar-refractivity contribution in [2.24, 2.45) is 11.8 Å². The number of hydrogen-bond acceptors (Lipinski definition) is 2. The van der Waals surface area contributed by atoms with Gasteiger partial charge in [0.1, 0.15) is 5.75 Å². The maximum Gasteiger partial charge on any atom is 0.127 e. The fourth-order valence-corrected chi connectivity index (χ4v) is 4.48. The molecular weight excluding hydrogens is 367 g/mol. The number of benzene rings is 2. The molecule has 2 aromatic carbocycles. The summed E-state index contributed by atoms with van der Waals surface area (Å²) in [5.41, 5.74) is 0. The van der Waals surface area contributed by atoms with Gasteiger partial charge in [-0.2, -0.15) is 0 Å². The van der Waals surface area contributed by atoms with E-state index in [2.05, 4.69) is 19.1 Å². The van der Waals surface area contributed by atoms with Gasteiger partial charge in [-0.1, -0.05) is 61.4 Å². The molecule has 0 radical (unpaired) electrons. The van der Waals surface area contributed by atoms with Crippen molar-refractivity contribution in [1.29, 1.82) is 0 Å². The molecule has 0 unspecified atom stereocenters. The second kappa shape index (κ2) is 9.12. The number of allylic oxidation sites excluding steroid dienone is 2. The van der Waals surface area contributed by atoms with Crippen LogP contribution in [0.2, 0.25) is 5.02 Å². The molecule has 3 rings (SSSR count). The first-order valence-electron chi connectivity index (χ1n) is 9.39. The van der Waals surface area contributed by atoms with E-state index in [4.69, 9.17) is 27.9 Å². The largest absolute Gasteiger partial charge is 0.493 e. The molecule has 1 aliphatic rings. The van der Waals surface area contributed by atoms with Crippen LogP contribution < -0.4 is 4.74 Å². The summed E-state index contributed by atoms with van der Waals surface area (Å²) in [4.78, 5) is 0. The summed E-state index contributed by atoms with van der Waals surface area (Å²) >= 11 is 12.8. The zero-order valence-electron chi connectivity index (χ0n) is 15.1. The summed E-state index contributed by atoms with van der Waals surface area (Å²) < 4.78 is 6.13. The third-order valence-electron chi connectivity index (χ3n) is 5.27. The number of alkyl halides is 1. The average Bonchev–Trinajstić information content (AvgIpc) is 2.91. The minimum atomic E-state index is -0.416. The third-order valence-corrected chi connectivity index (χ3v) is 6.10. The van der Waals surface area contributed by atoms with Gasteiger partial charge >= 0.3 is 0 Å². The summed E-state index contributed by atoms with van der Waals surface area (Å²) in [6, 6.07) is 11.7.